The fourth-order valence-corrected chi connectivity index (χ4v) is 2.00. The van der Waals surface area contributed by atoms with Crippen molar-refractivity contribution in [3.63, 3.8) is 0 Å². The van der Waals surface area contributed by atoms with Crippen LogP contribution in [0.2, 0.25) is 0 Å². The van der Waals surface area contributed by atoms with Gasteiger partial charge in [-0.15, -0.1) is 0 Å². The molecule has 0 atom stereocenters. The highest BCUT2D eigenvalue weighted by Crippen LogP contribution is 2.17. The molecule has 0 bridgehead atoms. The molecular weight excluding hydrogens is 248 g/mol. The van der Waals surface area contributed by atoms with E-state index in [-0.39, 0.29) is 24.5 Å². The molecule has 7 heteroatoms. The number of nitrogens with zero attached hydrogens (tertiary/aromatic N) is 2. The number of aromatic nitrogens is 2. The highest BCUT2D eigenvalue weighted by Gasteiger charge is 2.23. The van der Waals surface area contributed by atoms with E-state index >= 15 is 0 Å². The van der Waals surface area contributed by atoms with Crippen molar-refractivity contribution in [2.45, 2.75) is 26.3 Å². The summed E-state index contributed by atoms with van der Waals surface area (Å²) in [6.45, 7) is 3.31. The predicted molar refractivity (Wildman–Crippen MR) is 66.3 cm³/mol. The number of nitrogens with two attached hydrogens (primary N) is 1. The minimum atomic E-state index is -0.524. The minimum Gasteiger partial charge on any atom is -0.461 e. The predicted octanol–water partition coefficient (Wildman–Crippen LogP) is -0.673. The van der Waals surface area contributed by atoms with Gasteiger partial charge in [0.2, 0.25) is 5.91 Å². The monoisotopic (exact) mass is 264 g/mol. The lowest BCUT2D eigenvalue weighted by atomic mass is 10.0. The summed E-state index contributed by atoms with van der Waals surface area (Å²) in [7, 11) is 0. The maximum Gasteiger partial charge on any atom is 0.357 e. The molecule has 0 spiro atoms. The Morgan fingerprint density at radius 1 is 1.42 bits per heavy atom. The Bertz CT molecular complexity index is 516. The Morgan fingerprint density at radius 3 is 2.89 bits per heavy atom. The first-order valence-electron chi connectivity index (χ1n) is 6.16. The summed E-state index contributed by atoms with van der Waals surface area (Å²) < 4.78 is 4.98. The third-order valence-electron chi connectivity index (χ3n) is 2.78. The summed E-state index contributed by atoms with van der Waals surface area (Å²) in [6, 6.07) is 0. The molecule has 0 radical (unpaired) electrons. The van der Waals surface area contributed by atoms with Crippen molar-refractivity contribution in [2.24, 2.45) is 5.73 Å². The first kappa shape index (κ1) is 13.4. The molecule has 0 fully saturated rings. The largest absolute Gasteiger partial charge is 0.461 e. The van der Waals surface area contributed by atoms with Crippen LogP contribution in [0.1, 0.15) is 34.5 Å². The fraction of sp³-hybridized carbons (Fsp3) is 0.500. The van der Waals surface area contributed by atoms with Gasteiger partial charge in [-0.05, 0) is 6.92 Å². The Balaban J connectivity index is 2.42. The van der Waals surface area contributed by atoms with Gasteiger partial charge in [0.15, 0.2) is 5.69 Å². The van der Waals surface area contributed by atoms with Crippen molar-refractivity contribution < 1.29 is 14.3 Å². The number of fused-ring (bicyclic) bond motifs is 1. The molecule has 2 heterocycles. The molecule has 1 amide bonds. The van der Waals surface area contributed by atoms with E-state index in [2.05, 4.69) is 15.3 Å². The molecule has 0 aromatic carbocycles. The summed E-state index contributed by atoms with van der Waals surface area (Å²) in [4.78, 5) is 31.3. The number of esters is 1. The van der Waals surface area contributed by atoms with Crippen molar-refractivity contribution >= 4 is 11.9 Å². The average molecular weight is 264 g/mol. The lowest BCUT2D eigenvalue weighted by molar-refractivity contribution is -0.117. The van der Waals surface area contributed by atoms with Crippen LogP contribution in [0.15, 0.2) is 0 Å². The second kappa shape index (κ2) is 5.75. The van der Waals surface area contributed by atoms with Gasteiger partial charge in [-0.1, -0.05) is 0 Å². The van der Waals surface area contributed by atoms with E-state index in [1.165, 1.54) is 0 Å². The smallest absolute Gasteiger partial charge is 0.357 e. The molecule has 19 heavy (non-hydrogen) atoms. The molecule has 1 aliphatic heterocycles. The van der Waals surface area contributed by atoms with Gasteiger partial charge in [0.05, 0.1) is 18.7 Å². The van der Waals surface area contributed by atoms with Gasteiger partial charge in [-0.2, -0.15) is 0 Å². The Kier molecular flexibility index (Phi) is 4.06. The van der Waals surface area contributed by atoms with E-state index in [9.17, 15) is 9.59 Å². The van der Waals surface area contributed by atoms with Crippen LogP contribution in [-0.4, -0.2) is 35.0 Å². The number of rotatable bonds is 4. The third kappa shape index (κ3) is 3.05. The molecule has 1 aliphatic rings. The van der Waals surface area contributed by atoms with Gasteiger partial charge >= 0.3 is 5.97 Å². The topological polar surface area (TPSA) is 107 Å². The first-order chi connectivity index (χ1) is 9.11. The Morgan fingerprint density at radius 2 is 2.21 bits per heavy atom. The van der Waals surface area contributed by atoms with Crippen molar-refractivity contribution in [1.82, 2.24) is 15.3 Å². The van der Waals surface area contributed by atoms with Gasteiger partial charge in [0.25, 0.3) is 0 Å². The number of carbonyl (C=O) groups is 2. The molecular formula is C12H16N4O3. The van der Waals surface area contributed by atoms with Crippen LogP contribution in [0.5, 0.6) is 0 Å². The van der Waals surface area contributed by atoms with Crippen molar-refractivity contribution in [3.05, 3.63) is 22.8 Å². The second-order valence-electron chi connectivity index (χ2n) is 4.20. The molecule has 1 aromatic heterocycles. The summed E-state index contributed by atoms with van der Waals surface area (Å²) in [5, 5.41) is 3.16. The maximum atomic E-state index is 11.9. The number of nitrogens with one attached hydrogen (secondary N) is 1. The quantitative estimate of drug-likeness (QED) is 0.698. The summed E-state index contributed by atoms with van der Waals surface area (Å²) in [5.41, 5.74) is 6.90. The van der Waals surface area contributed by atoms with Gasteiger partial charge in [-0.25, -0.2) is 14.8 Å². The van der Waals surface area contributed by atoms with E-state index < -0.39 is 11.9 Å². The third-order valence-corrected chi connectivity index (χ3v) is 2.78. The fourth-order valence-electron chi connectivity index (χ4n) is 2.00. The van der Waals surface area contributed by atoms with Crippen LogP contribution >= 0.6 is 0 Å². The zero-order chi connectivity index (χ0) is 13.8. The Hall–Kier alpha value is -2.02. The standard InChI is InChI=1S/C12H16N4O3/c1-2-19-12(18)11-7-6-14-4-3-8(7)15-10(16-11)5-9(13)17/h14H,2-6H2,1H3,(H2,13,17). The van der Waals surface area contributed by atoms with Crippen LogP contribution in [0.4, 0.5) is 0 Å². The molecule has 0 saturated heterocycles. The molecule has 0 saturated carbocycles. The van der Waals surface area contributed by atoms with Gasteiger partial charge in [0, 0.05) is 25.1 Å². The summed E-state index contributed by atoms with van der Waals surface area (Å²) in [5.74, 6) is -0.740. The van der Waals surface area contributed by atoms with Crippen molar-refractivity contribution in [1.29, 1.82) is 0 Å². The van der Waals surface area contributed by atoms with E-state index in [0.29, 0.717) is 13.0 Å². The number of ether oxygens (including phenoxy) is 1. The lowest BCUT2D eigenvalue weighted by Gasteiger charge is -2.19. The van der Waals surface area contributed by atoms with Crippen LogP contribution in [0.3, 0.4) is 0 Å². The highest BCUT2D eigenvalue weighted by molar-refractivity contribution is 5.89. The number of primary amides is 1. The van der Waals surface area contributed by atoms with E-state index in [1.807, 2.05) is 0 Å². The number of carbonyl (C=O) groups excluding carboxylic acids is 2. The number of hydrogen-bond donors (Lipinski definition) is 2. The maximum absolute atomic E-state index is 11.9. The molecule has 0 unspecified atom stereocenters. The van der Waals surface area contributed by atoms with Gasteiger partial charge < -0.3 is 15.8 Å². The molecule has 0 aliphatic carbocycles. The molecule has 102 valence electrons. The van der Waals surface area contributed by atoms with E-state index in [0.717, 1.165) is 17.8 Å². The lowest BCUT2D eigenvalue weighted by Crippen LogP contribution is -2.29. The Labute approximate surface area is 110 Å². The van der Waals surface area contributed by atoms with Crippen molar-refractivity contribution in [2.75, 3.05) is 13.2 Å². The first-order valence-corrected chi connectivity index (χ1v) is 6.16. The molecule has 2 rings (SSSR count). The van der Waals surface area contributed by atoms with Crippen LogP contribution < -0.4 is 11.1 Å². The molecule has 7 nitrogen and oxygen atoms in total. The van der Waals surface area contributed by atoms with E-state index in [1.54, 1.807) is 6.92 Å². The minimum absolute atomic E-state index is 0.0763. The zero-order valence-electron chi connectivity index (χ0n) is 10.7. The number of hydrogen-bond acceptors (Lipinski definition) is 6. The van der Waals surface area contributed by atoms with Crippen LogP contribution in [-0.2, 0) is 28.9 Å². The molecule has 1 aromatic rings. The summed E-state index contributed by atoms with van der Waals surface area (Å²) >= 11 is 0. The number of amides is 1. The van der Waals surface area contributed by atoms with Crippen LogP contribution in [0.25, 0.3) is 0 Å². The zero-order valence-corrected chi connectivity index (χ0v) is 10.7. The second-order valence-corrected chi connectivity index (χ2v) is 4.20. The summed E-state index contributed by atoms with van der Waals surface area (Å²) in [6.07, 6.45) is 0.614. The van der Waals surface area contributed by atoms with Gasteiger partial charge in [0.1, 0.15) is 5.82 Å². The van der Waals surface area contributed by atoms with E-state index in [4.69, 9.17) is 10.5 Å². The average Bonchev–Trinajstić information content (AvgIpc) is 2.37. The SMILES string of the molecule is CCOC(=O)c1nc(CC(N)=O)nc2c1CNCC2. The van der Waals surface area contributed by atoms with Gasteiger partial charge in [-0.3, -0.25) is 4.79 Å². The highest BCUT2D eigenvalue weighted by atomic mass is 16.5. The molecule has 3 N–H and O–H groups in total. The van der Waals surface area contributed by atoms with Crippen molar-refractivity contribution in [3.8, 4) is 0 Å². The van der Waals surface area contributed by atoms with Crippen LogP contribution in [0, 0.1) is 0 Å². The normalized spacial score (nSPS) is 13.7.